The number of carbonyl (C=O) groups is 4. The number of phosphoric acid groups is 2. The minimum absolute atomic E-state index is 0.102. The summed E-state index contributed by atoms with van der Waals surface area (Å²) in [5.41, 5.74) is 0. The van der Waals surface area contributed by atoms with Crippen molar-refractivity contribution < 1.29 is 80.2 Å². The van der Waals surface area contributed by atoms with Gasteiger partial charge in [0.2, 0.25) is 0 Å². The molecular formula is C73H142O17P2. The van der Waals surface area contributed by atoms with Crippen molar-refractivity contribution in [3.8, 4) is 0 Å². The number of hydrogen-bond donors (Lipinski definition) is 3. The Hall–Kier alpha value is -1.94. The number of aliphatic hydroxyl groups is 1. The van der Waals surface area contributed by atoms with E-state index in [0.717, 1.165) is 108 Å². The van der Waals surface area contributed by atoms with Crippen LogP contribution in [0.5, 0.6) is 0 Å². The van der Waals surface area contributed by atoms with Crippen LogP contribution in [0, 0.1) is 17.8 Å². The second-order valence-electron chi connectivity index (χ2n) is 27.5. The summed E-state index contributed by atoms with van der Waals surface area (Å²) in [5.74, 6) is 0.0722. The number of phosphoric ester groups is 2. The second-order valence-corrected chi connectivity index (χ2v) is 30.4. The first-order chi connectivity index (χ1) is 44.3. The summed E-state index contributed by atoms with van der Waals surface area (Å²) in [5, 5.41) is 10.6. The fourth-order valence-corrected chi connectivity index (χ4v) is 12.6. The lowest BCUT2D eigenvalue weighted by atomic mass is 10.00. The van der Waals surface area contributed by atoms with Crippen molar-refractivity contribution in [1.29, 1.82) is 0 Å². The smallest absolute Gasteiger partial charge is 0.462 e. The molecular weight excluding hydrogens is 1210 g/mol. The minimum atomic E-state index is -4.96. The zero-order valence-electron chi connectivity index (χ0n) is 60.0. The molecule has 0 saturated carbocycles. The Balaban J connectivity index is 5.23. The molecule has 0 aliphatic heterocycles. The van der Waals surface area contributed by atoms with Gasteiger partial charge in [-0.2, -0.15) is 0 Å². The van der Waals surface area contributed by atoms with Gasteiger partial charge in [-0.3, -0.25) is 37.3 Å². The molecule has 0 aliphatic rings. The summed E-state index contributed by atoms with van der Waals surface area (Å²) in [6.07, 6.45) is 48.8. The first kappa shape index (κ1) is 90.1. The van der Waals surface area contributed by atoms with Crippen molar-refractivity contribution in [1.82, 2.24) is 0 Å². The Kier molecular flexibility index (Phi) is 62.4. The van der Waals surface area contributed by atoms with Gasteiger partial charge < -0.3 is 33.8 Å². The lowest BCUT2D eigenvalue weighted by Crippen LogP contribution is -2.30. The summed E-state index contributed by atoms with van der Waals surface area (Å²) in [6.45, 7) is 11.8. The molecule has 17 nitrogen and oxygen atoms in total. The van der Waals surface area contributed by atoms with Crippen LogP contribution >= 0.6 is 15.6 Å². The quantitative estimate of drug-likeness (QED) is 0.0222. The molecule has 0 aromatic carbocycles. The van der Waals surface area contributed by atoms with Crippen LogP contribution in [0.2, 0.25) is 0 Å². The molecule has 0 heterocycles. The monoisotopic (exact) mass is 1350 g/mol. The Labute approximate surface area is 562 Å². The Morgan fingerprint density at radius 1 is 0.315 bits per heavy atom. The summed E-state index contributed by atoms with van der Waals surface area (Å²) >= 11 is 0. The molecule has 0 bridgehead atoms. The maximum absolute atomic E-state index is 13.1. The maximum atomic E-state index is 13.1. The van der Waals surface area contributed by atoms with Crippen molar-refractivity contribution in [2.24, 2.45) is 17.8 Å². The van der Waals surface area contributed by atoms with Gasteiger partial charge >= 0.3 is 39.5 Å². The molecule has 92 heavy (non-hydrogen) atoms. The maximum Gasteiger partial charge on any atom is 0.472 e. The standard InChI is InChI=1S/C73H142O17P2/c1-8-10-11-12-13-14-15-16-17-18-19-20-21-24-28-33-42-49-56-72(77)89-68(60-83-70(75)54-47-40-32-27-25-22-23-26-30-37-44-51-64(3)4)62-87-91(79,80)85-58-67(74)59-86-92(81,82)88-63-69(90-73(78)57-50-43-34-29-31-38-45-52-65(5)6)61-84-71(76)55-48-41-36-35-39-46-53-66(7)9-2/h64-69,74H,8-63H2,1-7H3,(H,79,80)(H,81,82)/t66?,67-,68-,69-/m1/s1. The molecule has 3 unspecified atom stereocenters. The van der Waals surface area contributed by atoms with Crippen LogP contribution < -0.4 is 0 Å². The van der Waals surface area contributed by atoms with Gasteiger partial charge in [-0.25, -0.2) is 9.13 Å². The Morgan fingerprint density at radius 2 is 0.554 bits per heavy atom. The minimum Gasteiger partial charge on any atom is -0.462 e. The Bertz CT molecular complexity index is 1800. The first-order valence-corrected chi connectivity index (χ1v) is 40.9. The van der Waals surface area contributed by atoms with E-state index in [0.29, 0.717) is 31.6 Å². The fourth-order valence-electron chi connectivity index (χ4n) is 11.0. The molecule has 0 fully saturated rings. The van der Waals surface area contributed by atoms with Gasteiger partial charge in [-0.1, -0.05) is 318 Å². The zero-order chi connectivity index (χ0) is 68.0. The van der Waals surface area contributed by atoms with Crippen LogP contribution in [-0.2, 0) is 65.4 Å². The van der Waals surface area contributed by atoms with E-state index < -0.39 is 97.5 Å². The highest BCUT2D eigenvalue weighted by atomic mass is 31.2. The third-order valence-electron chi connectivity index (χ3n) is 17.2. The molecule has 6 atom stereocenters. The molecule has 0 rings (SSSR count). The van der Waals surface area contributed by atoms with E-state index in [1.165, 1.54) is 173 Å². The molecule has 0 radical (unpaired) electrons. The lowest BCUT2D eigenvalue weighted by molar-refractivity contribution is -0.161. The number of carbonyl (C=O) groups excluding carboxylic acids is 4. The largest absolute Gasteiger partial charge is 0.472 e. The highest BCUT2D eigenvalue weighted by molar-refractivity contribution is 7.47. The van der Waals surface area contributed by atoms with E-state index in [1.54, 1.807) is 0 Å². The predicted molar refractivity (Wildman–Crippen MR) is 372 cm³/mol. The molecule has 3 N–H and O–H groups in total. The van der Waals surface area contributed by atoms with E-state index in [1.807, 2.05) is 0 Å². The van der Waals surface area contributed by atoms with Crippen LogP contribution in [0.15, 0.2) is 0 Å². The third-order valence-corrected chi connectivity index (χ3v) is 19.1. The van der Waals surface area contributed by atoms with Crippen LogP contribution in [0.4, 0.5) is 0 Å². The van der Waals surface area contributed by atoms with Crippen molar-refractivity contribution in [2.75, 3.05) is 39.6 Å². The first-order valence-electron chi connectivity index (χ1n) is 37.9. The number of ether oxygens (including phenoxy) is 4. The number of unbranched alkanes of at least 4 members (excludes halogenated alkanes) is 38. The lowest BCUT2D eigenvalue weighted by Gasteiger charge is -2.21. The number of hydrogen-bond acceptors (Lipinski definition) is 15. The molecule has 546 valence electrons. The van der Waals surface area contributed by atoms with E-state index in [9.17, 15) is 43.2 Å². The van der Waals surface area contributed by atoms with E-state index >= 15 is 0 Å². The average Bonchev–Trinajstić information content (AvgIpc) is 1.67. The molecule has 0 amide bonds. The van der Waals surface area contributed by atoms with Gasteiger partial charge in [0.15, 0.2) is 12.2 Å². The number of esters is 4. The van der Waals surface area contributed by atoms with Crippen LogP contribution in [0.3, 0.4) is 0 Å². The molecule has 19 heteroatoms. The zero-order valence-corrected chi connectivity index (χ0v) is 61.8. The van der Waals surface area contributed by atoms with Crippen molar-refractivity contribution in [3.63, 3.8) is 0 Å². The molecule has 0 saturated heterocycles. The van der Waals surface area contributed by atoms with Gasteiger partial charge in [0, 0.05) is 25.7 Å². The predicted octanol–water partition coefficient (Wildman–Crippen LogP) is 21.0. The van der Waals surface area contributed by atoms with E-state index in [4.69, 9.17) is 37.0 Å². The van der Waals surface area contributed by atoms with Gasteiger partial charge in [-0.15, -0.1) is 0 Å². The van der Waals surface area contributed by atoms with E-state index in [2.05, 4.69) is 48.5 Å². The van der Waals surface area contributed by atoms with Crippen LogP contribution in [0.1, 0.15) is 370 Å². The topological polar surface area (TPSA) is 237 Å². The fraction of sp³-hybridized carbons (Fsp3) is 0.945. The van der Waals surface area contributed by atoms with Crippen LogP contribution in [-0.4, -0.2) is 96.7 Å². The summed E-state index contributed by atoms with van der Waals surface area (Å²) in [4.78, 5) is 72.6. The summed E-state index contributed by atoms with van der Waals surface area (Å²) in [7, 11) is -9.91. The SMILES string of the molecule is CCCCCCCCCCCCCCCCCCCCC(=O)O[C@H](COC(=O)CCCCCCCCCCCCCC(C)C)COP(=O)(O)OC[C@@H](O)COP(=O)(O)OC[C@@H](COC(=O)CCCCCCCCC(C)CC)OC(=O)CCCCCCCCCC(C)C. The average molecular weight is 1350 g/mol. The van der Waals surface area contributed by atoms with Crippen molar-refractivity contribution in [2.45, 2.75) is 388 Å². The second kappa shape index (κ2) is 63.8. The van der Waals surface area contributed by atoms with Crippen molar-refractivity contribution in [3.05, 3.63) is 0 Å². The van der Waals surface area contributed by atoms with Gasteiger partial charge in [0.05, 0.1) is 26.4 Å². The van der Waals surface area contributed by atoms with Gasteiger partial charge in [-0.05, 0) is 43.4 Å². The summed E-state index contributed by atoms with van der Waals surface area (Å²) in [6, 6.07) is 0. The Morgan fingerprint density at radius 3 is 0.826 bits per heavy atom. The third kappa shape index (κ3) is 65.4. The number of rotatable bonds is 71. The van der Waals surface area contributed by atoms with E-state index in [-0.39, 0.29) is 25.7 Å². The normalized spacial score (nSPS) is 14.4. The molecule has 0 aliphatic carbocycles. The van der Waals surface area contributed by atoms with Crippen LogP contribution in [0.25, 0.3) is 0 Å². The highest BCUT2D eigenvalue weighted by Crippen LogP contribution is 2.45. The number of aliphatic hydroxyl groups excluding tert-OH is 1. The van der Waals surface area contributed by atoms with Crippen molar-refractivity contribution >= 4 is 39.5 Å². The molecule has 0 spiro atoms. The molecule has 0 aromatic heterocycles. The highest BCUT2D eigenvalue weighted by Gasteiger charge is 2.30. The molecule has 0 aromatic rings. The summed E-state index contributed by atoms with van der Waals surface area (Å²) < 4.78 is 68.4. The van der Waals surface area contributed by atoms with Gasteiger partial charge in [0.1, 0.15) is 19.3 Å². The van der Waals surface area contributed by atoms with Gasteiger partial charge in [0.25, 0.3) is 0 Å².